The smallest absolute Gasteiger partial charge is 0.0978 e. The van der Waals surface area contributed by atoms with Crippen molar-refractivity contribution in [2.45, 2.75) is 45.1 Å². The highest BCUT2D eigenvalue weighted by molar-refractivity contribution is 5.10. The highest BCUT2D eigenvalue weighted by atomic mass is 16.5. The zero-order valence-corrected chi connectivity index (χ0v) is 10.5. The fourth-order valence-electron chi connectivity index (χ4n) is 2.31. The molecule has 0 saturated carbocycles. The number of rotatable bonds is 5. The number of hydrogen-bond donors (Lipinski definition) is 2. The van der Waals surface area contributed by atoms with Crippen LogP contribution in [0.25, 0.3) is 0 Å². The summed E-state index contributed by atoms with van der Waals surface area (Å²) in [7, 11) is 0. The van der Waals surface area contributed by atoms with Crippen LogP contribution in [0.3, 0.4) is 0 Å². The standard InChI is InChI=1S/C13H22N2O2/c1-2-11-9-12(15-14-11)13(16)4-3-10-5-7-17-8-6-10/h9-10,13,16H,2-8H2,1H3,(H,14,15). The molecule has 1 aliphatic heterocycles. The molecule has 1 atom stereocenters. The fourth-order valence-corrected chi connectivity index (χ4v) is 2.31. The van der Waals surface area contributed by atoms with Crippen LogP contribution < -0.4 is 0 Å². The van der Waals surface area contributed by atoms with Gasteiger partial charge in [0.15, 0.2) is 0 Å². The Morgan fingerprint density at radius 2 is 2.29 bits per heavy atom. The van der Waals surface area contributed by atoms with Gasteiger partial charge in [-0.1, -0.05) is 6.92 Å². The maximum Gasteiger partial charge on any atom is 0.0978 e. The number of aromatic nitrogens is 2. The first-order chi connectivity index (χ1) is 8.29. The highest BCUT2D eigenvalue weighted by Crippen LogP contribution is 2.25. The number of aromatic amines is 1. The van der Waals surface area contributed by atoms with Gasteiger partial charge < -0.3 is 9.84 Å². The Balaban J connectivity index is 1.77. The molecule has 1 unspecified atom stereocenters. The molecule has 0 aromatic carbocycles. The van der Waals surface area contributed by atoms with E-state index in [-0.39, 0.29) is 0 Å². The fraction of sp³-hybridized carbons (Fsp3) is 0.769. The van der Waals surface area contributed by atoms with Crippen molar-refractivity contribution in [3.8, 4) is 0 Å². The summed E-state index contributed by atoms with van der Waals surface area (Å²) in [6, 6.07) is 1.97. The van der Waals surface area contributed by atoms with Crippen molar-refractivity contribution in [2.75, 3.05) is 13.2 Å². The molecule has 2 N–H and O–H groups in total. The number of ether oxygens (including phenoxy) is 1. The van der Waals surface area contributed by atoms with E-state index in [0.29, 0.717) is 5.92 Å². The van der Waals surface area contributed by atoms with Crippen molar-refractivity contribution >= 4 is 0 Å². The zero-order valence-electron chi connectivity index (χ0n) is 10.5. The van der Waals surface area contributed by atoms with Crippen LogP contribution >= 0.6 is 0 Å². The molecule has 4 nitrogen and oxygen atoms in total. The monoisotopic (exact) mass is 238 g/mol. The summed E-state index contributed by atoms with van der Waals surface area (Å²) in [6.45, 7) is 3.83. The lowest BCUT2D eigenvalue weighted by molar-refractivity contribution is 0.0565. The maximum absolute atomic E-state index is 10.0. The summed E-state index contributed by atoms with van der Waals surface area (Å²) in [4.78, 5) is 0. The average molecular weight is 238 g/mol. The lowest BCUT2D eigenvalue weighted by Gasteiger charge is -2.22. The summed E-state index contributed by atoms with van der Waals surface area (Å²) in [6.07, 6.45) is 4.65. The number of aryl methyl sites for hydroxylation is 1. The molecule has 1 fully saturated rings. The first kappa shape index (κ1) is 12.6. The molecule has 0 aliphatic carbocycles. The molecule has 4 heteroatoms. The Hall–Kier alpha value is -0.870. The molecule has 0 amide bonds. The van der Waals surface area contributed by atoms with Gasteiger partial charge in [0.25, 0.3) is 0 Å². The molecular formula is C13H22N2O2. The van der Waals surface area contributed by atoms with Gasteiger partial charge in [0, 0.05) is 18.9 Å². The van der Waals surface area contributed by atoms with Gasteiger partial charge in [-0.2, -0.15) is 5.10 Å². The van der Waals surface area contributed by atoms with Gasteiger partial charge in [-0.25, -0.2) is 0 Å². The van der Waals surface area contributed by atoms with Gasteiger partial charge in [0.2, 0.25) is 0 Å². The number of aliphatic hydroxyl groups is 1. The molecule has 96 valence electrons. The van der Waals surface area contributed by atoms with Crippen molar-refractivity contribution < 1.29 is 9.84 Å². The van der Waals surface area contributed by atoms with Crippen LogP contribution in [-0.2, 0) is 11.2 Å². The number of nitrogens with one attached hydrogen (secondary N) is 1. The molecule has 0 bridgehead atoms. The van der Waals surface area contributed by atoms with Gasteiger partial charge >= 0.3 is 0 Å². The molecule has 1 aromatic heterocycles. The van der Waals surface area contributed by atoms with E-state index in [2.05, 4.69) is 17.1 Å². The maximum atomic E-state index is 10.0. The third-order valence-corrected chi connectivity index (χ3v) is 3.56. The minimum absolute atomic E-state index is 0.422. The van der Waals surface area contributed by atoms with E-state index < -0.39 is 6.10 Å². The summed E-state index contributed by atoms with van der Waals surface area (Å²) >= 11 is 0. The molecule has 0 spiro atoms. The first-order valence-electron chi connectivity index (χ1n) is 6.59. The second kappa shape index (κ2) is 6.17. The van der Waals surface area contributed by atoms with Gasteiger partial charge in [0.1, 0.15) is 0 Å². The number of aliphatic hydroxyl groups excluding tert-OH is 1. The minimum atomic E-state index is -0.422. The van der Waals surface area contributed by atoms with E-state index in [1.165, 1.54) is 0 Å². The highest BCUT2D eigenvalue weighted by Gasteiger charge is 2.17. The van der Waals surface area contributed by atoms with E-state index in [1.54, 1.807) is 0 Å². The molecule has 1 aromatic rings. The van der Waals surface area contributed by atoms with Crippen LogP contribution in [0.4, 0.5) is 0 Å². The van der Waals surface area contributed by atoms with Crippen LogP contribution in [0.15, 0.2) is 6.07 Å². The van der Waals surface area contributed by atoms with Crippen molar-refractivity contribution in [3.05, 3.63) is 17.5 Å². The van der Waals surface area contributed by atoms with Crippen LogP contribution in [-0.4, -0.2) is 28.5 Å². The number of H-pyrrole nitrogens is 1. The van der Waals surface area contributed by atoms with Gasteiger partial charge in [0.05, 0.1) is 11.8 Å². The number of nitrogens with zero attached hydrogens (tertiary/aromatic N) is 1. The Bertz CT molecular complexity index is 332. The summed E-state index contributed by atoms with van der Waals surface area (Å²) in [5.74, 6) is 0.711. The molecule has 1 saturated heterocycles. The van der Waals surface area contributed by atoms with Crippen molar-refractivity contribution in [1.82, 2.24) is 10.2 Å². The van der Waals surface area contributed by atoms with Crippen molar-refractivity contribution in [2.24, 2.45) is 5.92 Å². The van der Waals surface area contributed by atoms with E-state index in [9.17, 15) is 5.11 Å². The van der Waals surface area contributed by atoms with Gasteiger partial charge in [-0.05, 0) is 44.1 Å². The third-order valence-electron chi connectivity index (χ3n) is 3.56. The quantitative estimate of drug-likeness (QED) is 0.827. The van der Waals surface area contributed by atoms with Crippen molar-refractivity contribution in [3.63, 3.8) is 0 Å². The Morgan fingerprint density at radius 3 is 2.94 bits per heavy atom. The third kappa shape index (κ3) is 3.54. The van der Waals surface area contributed by atoms with Crippen LogP contribution in [0.2, 0.25) is 0 Å². The lowest BCUT2D eigenvalue weighted by Crippen LogP contribution is -2.16. The van der Waals surface area contributed by atoms with E-state index >= 15 is 0 Å². The average Bonchev–Trinajstić information content (AvgIpc) is 2.86. The summed E-state index contributed by atoms with van der Waals surface area (Å²) in [5, 5.41) is 17.1. The van der Waals surface area contributed by atoms with Crippen LogP contribution in [0, 0.1) is 5.92 Å². The predicted octanol–water partition coefficient (Wildman–Crippen LogP) is 2.21. The SMILES string of the molecule is CCc1cc(C(O)CCC2CCOCC2)n[nH]1. The minimum Gasteiger partial charge on any atom is -0.387 e. The summed E-state index contributed by atoms with van der Waals surface area (Å²) < 4.78 is 5.33. The Labute approximate surface area is 102 Å². The normalized spacial score (nSPS) is 19.4. The Kier molecular flexibility index (Phi) is 4.57. The molecule has 0 radical (unpaired) electrons. The zero-order chi connectivity index (χ0) is 12.1. The van der Waals surface area contributed by atoms with E-state index in [0.717, 1.165) is 56.7 Å². The predicted molar refractivity (Wildman–Crippen MR) is 65.7 cm³/mol. The molecule has 1 aliphatic rings. The molecular weight excluding hydrogens is 216 g/mol. The van der Waals surface area contributed by atoms with E-state index in [1.807, 2.05) is 6.07 Å². The second-order valence-corrected chi connectivity index (χ2v) is 4.82. The lowest BCUT2D eigenvalue weighted by atomic mass is 9.93. The van der Waals surface area contributed by atoms with E-state index in [4.69, 9.17) is 4.74 Å². The topological polar surface area (TPSA) is 58.1 Å². The van der Waals surface area contributed by atoms with Crippen molar-refractivity contribution in [1.29, 1.82) is 0 Å². The largest absolute Gasteiger partial charge is 0.387 e. The molecule has 17 heavy (non-hydrogen) atoms. The Morgan fingerprint density at radius 1 is 1.53 bits per heavy atom. The van der Waals surface area contributed by atoms with Gasteiger partial charge in [-0.15, -0.1) is 0 Å². The molecule has 2 rings (SSSR count). The van der Waals surface area contributed by atoms with Gasteiger partial charge in [-0.3, -0.25) is 5.10 Å². The summed E-state index contributed by atoms with van der Waals surface area (Å²) in [5.41, 5.74) is 1.87. The van der Waals surface area contributed by atoms with Crippen LogP contribution in [0.1, 0.15) is 50.1 Å². The number of hydrogen-bond acceptors (Lipinski definition) is 3. The first-order valence-corrected chi connectivity index (χ1v) is 6.59. The molecule has 2 heterocycles. The second-order valence-electron chi connectivity index (χ2n) is 4.82. The van der Waals surface area contributed by atoms with Crippen LogP contribution in [0.5, 0.6) is 0 Å².